The fraction of sp³-hybridized carbons (Fsp3) is 0.400. The van der Waals surface area contributed by atoms with Gasteiger partial charge in [-0.1, -0.05) is 0 Å². The van der Waals surface area contributed by atoms with Crippen LogP contribution in [0, 0.1) is 11.6 Å². The molecule has 0 radical (unpaired) electrons. The molecule has 0 aliphatic carbocycles. The zero-order valence-electron chi connectivity index (χ0n) is 9.32. The third-order valence-corrected chi connectivity index (χ3v) is 4.12. The van der Waals surface area contributed by atoms with Gasteiger partial charge in [0, 0.05) is 18.7 Å². The molecule has 1 aromatic rings. The summed E-state index contributed by atoms with van der Waals surface area (Å²) < 4.78 is 52.0. The number of sulfonamides is 1. The topological polar surface area (TPSA) is 58.2 Å². The van der Waals surface area contributed by atoms with Crippen molar-refractivity contribution in [3.63, 3.8) is 0 Å². The van der Waals surface area contributed by atoms with E-state index < -0.39 is 26.6 Å². The lowest BCUT2D eigenvalue weighted by molar-refractivity contribution is 0.533. The first-order chi connectivity index (χ1) is 7.99. The minimum absolute atomic E-state index is 0. The van der Waals surface area contributed by atoms with Gasteiger partial charge in [0.25, 0.3) is 0 Å². The Morgan fingerprint density at radius 2 is 2.06 bits per heavy atom. The van der Waals surface area contributed by atoms with Crippen molar-refractivity contribution < 1.29 is 17.2 Å². The second-order valence-electron chi connectivity index (χ2n) is 3.89. The van der Waals surface area contributed by atoms with Crippen molar-refractivity contribution in [3.8, 4) is 0 Å². The molecule has 18 heavy (non-hydrogen) atoms. The SMILES string of the molecule is Cl.O=S(=O)(NC1CCNC1)c1ccc(F)cc1F. The van der Waals surface area contributed by atoms with Gasteiger partial charge in [0.1, 0.15) is 16.5 Å². The van der Waals surface area contributed by atoms with Gasteiger partial charge in [-0.15, -0.1) is 12.4 Å². The Morgan fingerprint density at radius 3 is 2.61 bits per heavy atom. The van der Waals surface area contributed by atoms with E-state index in [1.807, 2.05) is 0 Å². The van der Waals surface area contributed by atoms with Crippen molar-refractivity contribution in [2.24, 2.45) is 0 Å². The molecule has 1 unspecified atom stereocenters. The Hall–Kier alpha value is -0.760. The zero-order chi connectivity index (χ0) is 12.5. The third-order valence-electron chi connectivity index (χ3n) is 2.57. The van der Waals surface area contributed by atoms with Gasteiger partial charge in [0.05, 0.1) is 0 Å². The zero-order valence-corrected chi connectivity index (χ0v) is 11.0. The van der Waals surface area contributed by atoms with Crippen LogP contribution in [0.2, 0.25) is 0 Å². The molecule has 1 aromatic carbocycles. The Balaban J connectivity index is 0.00000162. The van der Waals surface area contributed by atoms with Gasteiger partial charge in [-0.05, 0) is 25.1 Å². The molecule has 4 nitrogen and oxygen atoms in total. The molecule has 0 spiro atoms. The average molecular weight is 299 g/mol. The normalized spacial score (nSPS) is 19.6. The lowest BCUT2D eigenvalue weighted by Gasteiger charge is -2.12. The van der Waals surface area contributed by atoms with E-state index >= 15 is 0 Å². The number of hydrogen-bond acceptors (Lipinski definition) is 3. The lowest BCUT2D eigenvalue weighted by Crippen LogP contribution is -2.36. The smallest absolute Gasteiger partial charge is 0.243 e. The van der Waals surface area contributed by atoms with E-state index in [1.165, 1.54) is 0 Å². The van der Waals surface area contributed by atoms with Crippen molar-refractivity contribution in [3.05, 3.63) is 29.8 Å². The van der Waals surface area contributed by atoms with Crippen molar-refractivity contribution in [1.82, 2.24) is 10.0 Å². The summed E-state index contributed by atoms with van der Waals surface area (Å²) in [6, 6.07) is 2.16. The van der Waals surface area contributed by atoms with Crippen molar-refractivity contribution >= 4 is 22.4 Å². The van der Waals surface area contributed by atoms with Crippen LogP contribution >= 0.6 is 12.4 Å². The van der Waals surface area contributed by atoms with Gasteiger partial charge >= 0.3 is 0 Å². The predicted octanol–water partition coefficient (Wildman–Crippen LogP) is 1.03. The second-order valence-corrected chi connectivity index (χ2v) is 5.57. The maximum absolute atomic E-state index is 13.3. The Bertz CT molecular complexity index is 519. The van der Waals surface area contributed by atoms with E-state index in [4.69, 9.17) is 0 Å². The number of nitrogens with one attached hydrogen (secondary N) is 2. The molecule has 0 aromatic heterocycles. The van der Waals surface area contributed by atoms with Gasteiger partial charge in [-0.25, -0.2) is 21.9 Å². The molecule has 1 fully saturated rings. The highest BCUT2D eigenvalue weighted by atomic mass is 35.5. The highest BCUT2D eigenvalue weighted by Crippen LogP contribution is 2.16. The van der Waals surface area contributed by atoms with E-state index in [-0.39, 0.29) is 18.4 Å². The van der Waals surface area contributed by atoms with Crippen LogP contribution in [0.5, 0.6) is 0 Å². The summed E-state index contributed by atoms with van der Waals surface area (Å²) in [7, 11) is -3.92. The molecule has 2 rings (SSSR count). The van der Waals surface area contributed by atoms with Crippen LogP contribution in [0.4, 0.5) is 8.78 Å². The maximum atomic E-state index is 13.3. The number of hydrogen-bond donors (Lipinski definition) is 2. The molecule has 0 saturated carbocycles. The second kappa shape index (κ2) is 5.92. The molecular weight excluding hydrogens is 286 g/mol. The van der Waals surface area contributed by atoms with Crippen LogP contribution in [-0.2, 0) is 10.0 Å². The summed E-state index contributed by atoms with van der Waals surface area (Å²) in [6.07, 6.45) is 0.655. The van der Waals surface area contributed by atoms with Gasteiger partial charge < -0.3 is 5.32 Å². The Labute approximate surface area is 110 Å². The number of benzene rings is 1. The van der Waals surface area contributed by atoms with Crippen molar-refractivity contribution in [2.75, 3.05) is 13.1 Å². The summed E-state index contributed by atoms with van der Waals surface area (Å²) in [5, 5.41) is 2.99. The van der Waals surface area contributed by atoms with E-state index in [9.17, 15) is 17.2 Å². The maximum Gasteiger partial charge on any atom is 0.243 e. The van der Waals surface area contributed by atoms with Crippen LogP contribution in [0.1, 0.15) is 6.42 Å². The molecule has 8 heteroatoms. The summed E-state index contributed by atoms with van der Waals surface area (Å²) in [4.78, 5) is -0.522. The highest BCUT2D eigenvalue weighted by molar-refractivity contribution is 7.89. The minimum Gasteiger partial charge on any atom is -0.315 e. The van der Waals surface area contributed by atoms with Crippen molar-refractivity contribution in [2.45, 2.75) is 17.4 Å². The van der Waals surface area contributed by atoms with Crippen LogP contribution in [-0.4, -0.2) is 27.5 Å². The van der Waals surface area contributed by atoms with Gasteiger partial charge in [0.2, 0.25) is 10.0 Å². The molecule has 1 aliphatic heterocycles. The molecule has 1 atom stereocenters. The van der Waals surface area contributed by atoms with Gasteiger partial charge in [-0.2, -0.15) is 0 Å². The number of halogens is 3. The molecule has 102 valence electrons. The van der Waals surface area contributed by atoms with Crippen molar-refractivity contribution in [1.29, 1.82) is 0 Å². The minimum atomic E-state index is -3.92. The third kappa shape index (κ3) is 3.38. The molecule has 1 aliphatic rings. The first-order valence-electron chi connectivity index (χ1n) is 5.17. The fourth-order valence-corrected chi connectivity index (χ4v) is 3.06. The molecule has 2 N–H and O–H groups in total. The molecule has 0 amide bonds. The number of rotatable bonds is 3. The van der Waals surface area contributed by atoms with Crippen LogP contribution in [0.15, 0.2) is 23.1 Å². The van der Waals surface area contributed by atoms with E-state index in [2.05, 4.69) is 10.0 Å². The van der Waals surface area contributed by atoms with E-state index in [0.717, 1.165) is 18.7 Å². The van der Waals surface area contributed by atoms with E-state index in [1.54, 1.807) is 0 Å². The Kier molecular flexibility index (Phi) is 5.03. The summed E-state index contributed by atoms with van der Waals surface area (Å²) in [6.45, 7) is 1.24. The fourth-order valence-electron chi connectivity index (χ4n) is 1.73. The summed E-state index contributed by atoms with van der Waals surface area (Å²) in [5.41, 5.74) is 0. The largest absolute Gasteiger partial charge is 0.315 e. The van der Waals surface area contributed by atoms with Crippen LogP contribution in [0.25, 0.3) is 0 Å². The Morgan fingerprint density at radius 1 is 1.33 bits per heavy atom. The van der Waals surface area contributed by atoms with E-state index in [0.29, 0.717) is 19.0 Å². The van der Waals surface area contributed by atoms with Gasteiger partial charge in [-0.3, -0.25) is 0 Å². The first kappa shape index (κ1) is 15.3. The quantitative estimate of drug-likeness (QED) is 0.876. The lowest BCUT2D eigenvalue weighted by atomic mass is 10.3. The highest BCUT2D eigenvalue weighted by Gasteiger charge is 2.25. The van der Waals surface area contributed by atoms with Gasteiger partial charge in [0.15, 0.2) is 0 Å². The van der Waals surface area contributed by atoms with Crippen LogP contribution in [0.3, 0.4) is 0 Å². The van der Waals surface area contributed by atoms with Crippen LogP contribution < -0.4 is 10.0 Å². The molecule has 1 heterocycles. The molecule has 0 bridgehead atoms. The average Bonchev–Trinajstić information content (AvgIpc) is 2.68. The summed E-state index contributed by atoms with van der Waals surface area (Å²) in [5.74, 6) is -1.88. The first-order valence-corrected chi connectivity index (χ1v) is 6.65. The molecular formula is C10H13ClF2N2O2S. The molecule has 1 saturated heterocycles. The monoisotopic (exact) mass is 298 g/mol. The summed E-state index contributed by atoms with van der Waals surface area (Å²) >= 11 is 0. The standard InChI is InChI=1S/C10H12F2N2O2S.ClH/c11-7-1-2-10(9(12)5-7)17(15,16)14-8-3-4-13-6-8;/h1-2,5,8,13-14H,3-4,6H2;1H. The predicted molar refractivity (Wildman–Crippen MR) is 65.2 cm³/mol.